The lowest BCUT2D eigenvalue weighted by atomic mass is 10.0. The van der Waals surface area contributed by atoms with Crippen LogP contribution < -0.4 is 15.8 Å². The van der Waals surface area contributed by atoms with Crippen LogP contribution in [0.15, 0.2) is 46.1 Å². The zero-order valence-corrected chi connectivity index (χ0v) is 22.5. The number of fused-ring (bicyclic) bond motifs is 1. The van der Waals surface area contributed by atoms with Crippen molar-refractivity contribution < 1.29 is 65.3 Å². The molecule has 1 fully saturated rings. The zero-order valence-electron chi connectivity index (χ0n) is 20.9. The van der Waals surface area contributed by atoms with Gasteiger partial charge in [-0.05, 0) is 12.1 Å². The van der Waals surface area contributed by atoms with Crippen LogP contribution in [0.2, 0.25) is 0 Å². The van der Waals surface area contributed by atoms with Gasteiger partial charge in [0.15, 0.2) is 10.8 Å². The smallest absolute Gasteiger partial charge is 0.489 e. The number of benzene rings is 1. The van der Waals surface area contributed by atoms with E-state index in [0.717, 1.165) is 34.1 Å². The standard InChI is InChI=1S/C20H16F3N5O6S2.C2HF3O2/c21-9-2-1-3-10(4-9)33-5-8-6-35-17-13(16(30)28(17)14(8)18(31)32)26-15(29)12(27-34-19(22)23)11-7-36-20(24)25-11;3-2(4,5)1(6)7/h1-4,7,13,17,19H,5-6H2,(H2,24,25)(H,26,29)(H,31,32);(H,6,7)/t13?,17-;/m0./s1. The van der Waals surface area contributed by atoms with E-state index in [2.05, 4.69) is 20.3 Å². The summed E-state index contributed by atoms with van der Waals surface area (Å²) in [6.07, 6.45) is -5.08. The normalized spacial score (nSPS) is 18.3. The molecule has 3 heterocycles. The number of carboxylic acids is 2. The van der Waals surface area contributed by atoms with Crippen molar-refractivity contribution >= 4 is 57.7 Å². The van der Waals surface area contributed by atoms with Gasteiger partial charge in [-0.2, -0.15) is 22.0 Å². The van der Waals surface area contributed by atoms with Gasteiger partial charge in [0.05, 0.1) is 0 Å². The summed E-state index contributed by atoms with van der Waals surface area (Å²) < 4.78 is 75.6. The van der Waals surface area contributed by atoms with Gasteiger partial charge >= 0.3 is 24.7 Å². The van der Waals surface area contributed by atoms with Crippen molar-refractivity contribution in [2.45, 2.75) is 24.2 Å². The van der Waals surface area contributed by atoms with Crippen LogP contribution in [-0.4, -0.2) is 86.1 Å². The quantitative estimate of drug-likeness (QED) is 0.134. The molecule has 43 heavy (non-hydrogen) atoms. The molecule has 2 amide bonds. The third-order valence-electron chi connectivity index (χ3n) is 5.19. The molecule has 4 rings (SSSR count). The van der Waals surface area contributed by atoms with Crippen LogP contribution in [0, 0.1) is 5.82 Å². The molecule has 1 saturated heterocycles. The van der Waals surface area contributed by atoms with Crippen LogP contribution in [-0.2, 0) is 24.0 Å². The number of anilines is 1. The average Bonchev–Trinajstić information content (AvgIpc) is 3.35. The summed E-state index contributed by atoms with van der Waals surface area (Å²) in [5.74, 6) is -6.14. The number of ether oxygens (including phenoxy) is 1. The third-order valence-corrected chi connectivity index (χ3v) is 7.20. The number of amides is 2. The van der Waals surface area contributed by atoms with Gasteiger partial charge in [-0.1, -0.05) is 11.2 Å². The average molecular weight is 658 g/mol. The minimum atomic E-state index is -5.08. The largest absolute Gasteiger partial charge is 0.490 e. The molecule has 2 aliphatic heterocycles. The minimum Gasteiger partial charge on any atom is -0.489 e. The fraction of sp³-hybridized carbons (Fsp3) is 0.273. The van der Waals surface area contributed by atoms with Gasteiger partial charge in [0.25, 0.3) is 11.8 Å². The summed E-state index contributed by atoms with van der Waals surface area (Å²) in [7, 11) is 0. The summed E-state index contributed by atoms with van der Waals surface area (Å²) in [6.45, 7) is -3.52. The van der Waals surface area contributed by atoms with E-state index in [4.69, 9.17) is 20.4 Å². The van der Waals surface area contributed by atoms with E-state index < -0.39 is 59.5 Å². The topological polar surface area (TPSA) is 194 Å². The predicted octanol–water partition coefficient (Wildman–Crippen LogP) is 2.26. The Hall–Kier alpha value is -4.53. The molecule has 13 nitrogen and oxygen atoms in total. The highest BCUT2D eigenvalue weighted by Crippen LogP contribution is 2.40. The maximum absolute atomic E-state index is 13.4. The monoisotopic (exact) mass is 657 g/mol. The molecule has 0 bridgehead atoms. The maximum atomic E-state index is 13.4. The van der Waals surface area contributed by atoms with E-state index in [1.807, 2.05) is 0 Å². The SMILES string of the molecule is Nc1nc(C(=NOC(F)F)C(=O)NC2C(=O)N3C(C(=O)O)=C(COc4cccc(F)c4)CS[C@@H]23)cs1.O=C(O)C(F)(F)F. The zero-order chi connectivity index (χ0) is 32.1. The van der Waals surface area contributed by atoms with Gasteiger partial charge in [0.2, 0.25) is 0 Å². The van der Waals surface area contributed by atoms with E-state index in [9.17, 15) is 45.8 Å². The Bertz CT molecular complexity index is 1470. The molecule has 2 aromatic rings. The predicted molar refractivity (Wildman–Crippen MR) is 135 cm³/mol. The number of nitrogens with zero attached hydrogens (tertiary/aromatic N) is 3. The molecule has 1 aromatic carbocycles. The van der Waals surface area contributed by atoms with E-state index in [0.29, 0.717) is 0 Å². The lowest BCUT2D eigenvalue weighted by molar-refractivity contribution is -0.192. The van der Waals surface area contributed by atoms with Crippen LogP contribution in [0.3, 0.4) is 0 Å². The molecule has 0 aliphatic carbocycles. The Morgan fingerprint density at radius 1 is 1.26 bits per heavy atom. The highest BCUT2D eigenvalue weighted by atomic mass is 32.2. The molecule has 0 saturated carbocycles. The van der Waals surface area contributed by atoms with Crippen LogP contribution in [0.5, 0.6) is 5.75 Å². The number of halogens is 6. The molecular weight excluding hydrogens is 640 g/mol. The first-order chi connectivity index (χ1) is 20.1. The van der Waals surface area contributed by atoms with Crippen molar-refractivity contribution in [3.8, 4) is 5.75 Å². The van der Waals surface area contributed by atoms with Gasteiger partial charge in [0, 0.05) is 22.8 Å². The Morgan fingerprint density at radius 2 is 1.93 bits per heavy atom. The lowest BCUT2D eigenvalue weighted by Gasteiger charge is -2.49. The third kappa shape index (κ3) is 8.28. The number of hydrogen-bond donors (Lipinski definition) is 4. The second-order valence-electron chi connectivity index (χ2n) is 8.04. The van der Waals surface area contributed by atoms with E-state index in [-0.39, 0.29) is 40.2 Å². The van der Waals surface area contributed by atoms with Gasteiger partial charge in [-0.3, -0.25) is 14.5 Å². The molecule has 5 N–H and O–H groups in total. The number of alkyl halides is 5. The number of nitrogen functional groups attached to an aromatic ring is 1. The van der Waals surface area contributed by atoms with Crippen molar-refractivity contribution in [3.63, 3.8) is 0 Å². The van der Waals surface area contributed by atoms with Crippen LogP contribution >= 0.6 is 23.1 Å². The number of carbonyl (C=O) groups is 4. The molecular formula is C22H17F6N5O8S2. The number of aliphatic carboxylic acids is 2. The second-order valence-corrected chi connectivity index (χ2v) is 10.0. The number of carbonyl (C=O) groups excluding carboxylic acids is 2. The summed E-state index contributed by atoms with van der Waals surface area (Å²) >= 11 is 2.08. The van der Waals surface area contributed by atoms with Crippen molar-refractivity contribution in [1.82, 2.24) is 15.2 Å². The van der Waals surface area contributed by atoms with E-state index in [1.54, 1.807) is 0 Å². The van der Waals surface area contributed by atoms with Crippen molar-refractivity contribution in [1.29, 1.82) is 0 Å². The first kappa shape index (κ1) is 33.0. The fourth-order valence-electron chi connectivity index (χ4n) is 3.42. The lowest BCUT2D eigenvalue weighted by Crippen LogP contribution is -2.71. The Morgan fingerprint density at radius 3 is 2.47 bits per heavy atom. The molecule has 232 valence electrons. The van der Waals surface area contributed by atoms with Gasteiger partial charge in [-0.15, -0.1) is 23.1 Å². The fourth-order valence-corrected chi connectivity index (χ4v) is 5.30. The van der Waals surface area contributed by atoms with Crippen molar-refractivity contribution in [2.24, 2.45) is 5.16 Å². The number of rotatable bonds is 9. The van der Waals surface area contributed by atoms with Crippen LogP contribution in [0.4, 0.5) is 31.5 Å². The number of oxime groups is 1. The van der Waals surface area contributed by atoms with Crippen LogP contribution in [0.1, 0.15) is 5.69 Å². The number of carboxylic acid groups (broad SMARTS) is 2. The number of nitrogens with one attached hydrogen (secondary N) is 1. The number of nitrogens with two attached hydrogens (primary N) is 1. The second kappa shape index (κ2) is 13.6. The first-order valence-electron chi connectivity index (χ1n) is 11.2. The van der Waals surface area contributed by atoms with Crippen molar-refractivity contribution in [2.75, 3.05) is 18.1 Å². The number of thiazole rings is 1. The highest BCUT2D eigenvalue weighted by Gasteiger charge is 2.54. The number of thioether (sulfide) groups is 1. The molecule has 21 heteroatoms. The first-order valence-corrected chi connectivity index (χ1v) is 13.2. The van der Waals surface area contributed by atoms with Gasteiger partial charge in [-0.25, -0.2) is 19.0 Å². The van der Waals surface area contributed by atoms with Gasteiger partial charge in [0.1, 0.15) is 41.0 Å². The summed E-state index contributed by atoms with van der Waals surface area (Å²) in [5.41, 5.74) is 4.72. The van der Waals surface area contributed by atoms with E-state index in [1.165, 1.54) is 23.6 Å². The molecule has 0 spiro atoms. The Labute approximate surface area is 243 Å². The van der Waals surface area contributed by atoms with Crippen LogP contribution in [0.25, 0.3) is 0 Å². The maximum Gasteiger partial charge on any atom is 0.490 e. The molecule has 1 aromatic heterocycles. The number of aromatic nitrogens is 1. The Kier molecular flexibility index (Phi) is 10.5. The van der Waals surface area contributed by atoms with Gasteiger partial charge < -0.3 is 30.8 Å². The molecule has 0 radical (unpaired) electrons. The molecule has 2 atom stereocenters. The molecule has 2 aliphatic rings. The summed E-state index contributed by atoms with van der Waals surface area (Å²) in [5, 5.41) is 22.9. The summed E-state index contributed by atoms with van der Waals surface area (Å²) in [4.78, 5) is 55.1. The summed E-state index contributed by atoms with van der Waals surface area (Å²) in [6, 6.07) is 4.11. The van der Waals surface area contributed by atoms with Crippen molar-refractivity contribution in [3.05, 3.63) is 52.4 Å². The number of β-lactam (4-membered cyclic amide) rings is 1. The number of hydrogen-bond acceptors (Lipinski definition) is 11. The highest BCUT2D eigenvalue weighted by molar-refractivity contribution is 8.00. The molecule has 1 unspecified atom stereocenters. The van der Waals surface area contributed by atoms with E-state index >= 15 is 0 Å². The minimum absolute atomic E-state index is 0.0421. The Balaban J connectivity index is 0.000000646.